The van der Waals surface area contributed by atoms with Crippen molar-refractivity contribution in [2.24, 2.45) is 0 Å². The van der Waals surface area contributed by atoms with Crippen LogP contribution in [-0.2, 0) is 14.8 Å². The Morgan fingerprint density at radius 1 is 1.07 bits per heavy atom. The summed E-state index contributed by atoms with van der Waals surface area (Å²) in [6, 6.07) is 12.3. The van der Waals surface area contributed by atoms with Gasteiger partial charge in [0.2, 0.25) is 10.0 Å². The van der Waals surface area contributed by atoms with Crippen LogP contribution >= 0.6 is 0 Å². The summed E-state index contributed by atoms with van der Waals surface area (Å²) in [5.74, 6) is -0.164. The van der Waals surface area contributed by atoms with E-state index in [2.05, 4.69) is 10.6 Å². The molecule has 0 aromatic heterocycles. The van der Waals surface area contributed by atoms with Crippen molar-refractivity contribution in [3.8, 4) is 5.75 Å². The Bertz CT molecular complexity index is 940. The summed E-state index contributed by atoms with van der Waals surface area (Å²) < 4.78 is 30.8. The fourth-order valence-corrected chi connectivity index (χ4v) is 3.19. The number of ether oxygens (including phenoxy) is 1. The van der Waals surface area contributed by atoms with E-state index in [1.54, 1.807) is 24.3 Å². The summed E-state index contributed by atoms with van der Waals surface area (Å²) in [5.41, 5.74) is 0.732. The van der Waals surface area contributed by atoms with Gasteiger partial charge in [-0.05, 0) is 49.4 Å². The molecule has 0 saturated heterocycles. The zero-order chi connectivity index (χ0) is 20.7. The average molecular weight is 405 g/mol. The first kappa shape index (κ1) is 21.4. The molecule has 9 heteroatoms. The first-order chi connectivity index (χ1) is 13.2. The monoisotopic (exact) mass is 405 g/mol. The molecular formula is C19H23N3O5S. The smallest absolute Gasteiger partial charge is 0.257 e. The number of nitrogens with zero attached hydrogens (tertiary/aromatic N) is 1. The van der Waals surface area contributed by atoms with Crippen LogP contribution in [0.1, 0.15) is 17.3 Å². The minimum absolute atomic E-state index is 0.0410. The van der Waals surface area contributed by atoms with Gasteiger partial charge in [-0.3, -0.25) is 9.59 Å². The molecule has 0 saturated carbocycles. The SMILES string of the molecule is CCNC(=O)COc1ccc(NC(=O)c2cccc(S(=O)(=O)N(C)C)c2)cc1. The number of carbonyl (C=O) groups excluding carboxylic acids is 2. The molecule has 2 aromatic rings. The molecule has 0 unspecified atom stereocenters. The second-order valence-electron chi connectivity index (χ2n) is 6.04. The van der Waals surface area contributed by atoms with E-state index in [4.69, 9.17) is 4.74 Å². The number of hydrogen-bond acceptors (Lipinski definition) is 5. The number of benzene rings is 2. The van der Waals surface area contributed by atoms with Gasteiger partial charge < -0.3 is 15.4 Å². The van der Waals surface area contributed by atoms with Gasteiger partial charge in [0.25, 0.3) is 11.8 Å². The van der Waals surface area contributed by atoms with Gasteiger partial charge in [-0.15, -0.1) is 0 Å². The van der Waals surface area contributed by atoms with E-state index >= 15 is 0 Å². The molecule has 2 rings (SSSR count). The van der Waals surface area contributed by atoms with E-state index in [1.165, 1.54) is 38.4 Å². The molecule has 0 aliphatic heterocycles. The molecule has 2 aromatic carbocycles. The van der Waals surface area contributed by atoms with Gasteiger partial charge in [-0.1, -0.05) is 6.07 Å². The van der Waals surface area contributed by atoms with Crippen molar-refractivity contribution < 1.29 is 22.7 Å². The number of anilines is 1. The van der Waals surface area contributed by atoms with Crippen molar-refractivity contribution in [3.63, 3.8) is 0 Å². The molecule has 0 aliphatic carbocycles. The molecule has 150 valence electrons. The van der Waals surface area contributed by atoms with Crippen LogP contribution in [0.2, 0.25) is 0 Å². The number of likely N-dealkylation sites (N-methyl/N-ethyl adjacent to an activating group) is 1. The largest absolute Gasteiger partial charge is 0.484 e. The van der Waals surface area contributed by atoms with Crippen LogP contribution in [0.15, 0.2) is 53.4 Å². The van der Waals surface area contributed by atoms with Gasteiger partial charge in [-0.25, -0.2) is 12.7 Å². The molecule has 2 N–H and O–H groups in total. The van der Waals surface area contributed by atoms with Crippen LogP contribution < -0.4 is 15.4 Å². The first-order valence-corrected chi connectivity index (χ1v) is 10.0. The van der Waals surface area contributed by atoms with Crippen molar-refractivity contribution in [2.45, 2.75) is 11.8 Å². The number of nitrogens with one attached hydrogen (secondary N) is 2. The van der Waals surface area contributed by atoms with Gasteiger partial charge in [0.1, 0.15) is 5.75 Å². The molecule has 0 fully saturated rings. The Labute approximate surface area is 164 Å². The predicted octanol–water partition coefficient (Wildman–Crippen LogP) is 1.70. The maximum atomic E-state index is 12.4. The fourth-order valence-electron chi connectivity index (χ4n) is 2.24. The fraction of sp³-hybridized carbons (Fsp3) is 0.263. The highest BCUT2D eigenvalue weighted by atomic mass is 32.2. The zero-order valence-corrected chi connectivity index (χ0v) is 16.7. The molecule has 0 atom stereocenters. The molecule has 0 radical (unpaired) electrons. The molecule has 0 bridgehead atoms. The van der Waals surface area contributed by atoms with Crippen LogP contribution in [0.3, 0.4) is 0 Å². The van der Waals surface area contributed by atoms with E-state index in [0.29, 0.717) is 18.0 Å². The molecule has 2 amide bonds. The lowest BCUT2D eigenvalue weighted by Crippen LogP contribution is -2.28. The van der Waals surface area contributed by atoms with Crippen molar-refractivity contribution in [3.05, 3.63) is 54.1 Å². The van der Waals surface area contributed by atoms with Crippen LogP contribution in [0.5, 0.6) is 5.75 Å². The van der Waals surface area contributed by atoms with Crippen LogP contribution in [0.4, 0.5) is 5.69 Å². The highest BCUT2D eigenvalue weighted by molar-refractivity contribution is 7.89. The second-order valence-corrected chi connectivity index (χ2v) is 8.19. The van der Waals surface area contributed by atoms with Crippen LogP contribution in [0, 0.1) is 0 Å². The molecular weight excluding hydrogens is 382 g/mol. The van der Waals surface area contributed by atoms with Gasteiger partial charge in [0.05, 0.1) is 4.90 Å². The number of carbonyl (C=O) groups is 2. The highest BCUT2D eigenvalue weighted by Gasteiger charge is 2.18. The Hall–Kier alpha value is -2.91. The van der Waals surface area contributed by atoms with Gasteiger partial charge in [0, 0.05) is 31.9 Å². The summed E-state index contributed by atoms with van der Waals surface area (Å²) in [6.45, 7) is 2.26. The lowest BCUT2D eigenvalue weighted by atomic mass is 10.2. The molecule has 0 spiro atoms. The minimum Gasteiger partial charge on any atom is -0.484 e. The molecule has 0 aliphatic rings. The third-order valence-corrected chi connectivity index (χ3v) is 5.54. The number of rotatable bonds is 8. The topological polar surface area (TPSA) is 105 Å². The van der Waals surface area contributed by atoms with E-state index in [1.807, 2.05) is 6.92 Å². The normalized spacial score (nSPS) is 11.1. The quantitative estimate of drug-likeness (QED) is 0.696. The van der Waals surface area contributed by atoms with Crippen molar-refractivity contribution >= 4 is 27.5 Å². The standard InChI is InChI=1S/C19H23N3O5S/c1-4-20-18(23)13-27-16-10-8-15(9-11-16)21-19(24)14-6-5-7-17(12-14)28(25,26)22(2)3/h5-12H,4,13H2,1-3H3,(H,20,23)(H,21,24). The van der Waals surface area contributed by atoms with E-state index < -0.39 is 15.9 Å². The van der Waals surface area contributed by atoms with Crippen molar-refractivity contribution in [1.29, 1.82) is 0 Å². The lowest BCUT2D eigenvalue weighted by molar-refractivity contribution is -0.122. The Morgan fingerprint density at radius 2 is 1.75 bits per heavy atom. The van der Waals surface area contributed by atoms with Crippen LogP contribution in [-0.4, -0.2) is 51.8 Å². The molecule has 8 nitrogen and oxygen atoms in total. The zero-order valence-electron chi connectivity index (χ0n) is 15.9. The van der Waals surface area contributed by atoms with E-state index in [9.17, 15) is 18.0 Å². The summed E-state index contributed by atoms with van der Waals surface area (Å²) in [4.78, 5) is 23.9. The number of sulfonamides is 1. The summed E-state index contributed by atoms with van der Waals surface area (Å²) in [5, 5.41) is 5.32. The van der Waals surface area contributed by atoms with Gasteiger partial charge in [-0.2, -0.15) is 0 Å². The van der Waals surface area contributed by atoms with E-state index in [0.717, 1.165) is 4.31 Å². The maximum Gasteiger partial charge on any atom is 0.257 e. The van der Waals surface area contributed by atoms with Crippen molar-refractivity contribution in [2.75, 3.05) is 32.6 Å². The number of hydrogen-bond donors (Lipinski definition) is 2. The van der Waals surface area contributed by atoms with Gasteiger partial charge in [0.15, 0.2) is 6.61 Å². The number of amides is 2. The molecule has 28 heavy (non-hydrogen) atoms. The Morgan fingerprint density at radius 3 is 2.36 bits per heavy atom. The maximum absolute atomic E-state index is 12.4. The summed E-state index contributed by atoms with van der Waals surface area (Å²) in [7, 11) is -0.769. The van der Waals surface area contributed by atoms with Gasteiger partial charge >= 0.3 is 0 Å². The minimum atomic E-state index is -3.62. The average Bonchev–Trinajstić information content (AvgIpc) is 2.67. The first-order valence-electron chi connectivity index (χ1n) is 8.57. The third-order valence-electron chi connectivity index (χ3n) is 3.73. The predicted molar refractivity (Wildman–Crippen MR) is 106 cm³/mol. The second kappa shape index (κ2) is 9.34. The third kappa shape index (κ3) is 5.54. The Balaban J connectivity index is 2.04. The lowest BCUT2D eigenvalue weighted by Gasteiger charge is -2.12. The van der Waals surface area contributed by atoms with E-state index in [-0.39, 0.29) is 23.0 Å². The summed E-state index contributed by atoms with van der Waals surface area (Å²) in [6.07, 6.45) is 0. The van der Waals surface area contributed by atoms with Crippen LogP contribution in [0.25, 0.3) is 0 Å². The van der Waals surface area contributed by atoms with Crippen molar-refractivity contribution in [1.82, 2.24) is 9.62 Å². The Kier molecular flexibility index (Phi) is 7.13. The summed E-state index contributed by atoms with van der Waals surface area (Å²) >= 11 is 0. The molecule has 0 heterocycles. The highest BCUT2D eigenvalue weighted by Crippen LogP contribution is 2.18.